The van der Waals surface area contributed by atoms with E-state index in [1.165, 1.54) is 6.21 Å². The summed E-state index contributed by atoms with van der Waals surface area (Å²) in [6, 6.07) is 23.8. The van der Waals surface area contributed by atoms with Gasteiger partial charge < -0.3 is 10.1 Å². The van der Waals surface area contributed by atoms with Crippen LogP contribution in [0.3, 0.4) is 0 Å². The largest absolute Gasteiger partial charge is 0.494 e. The lowest BCUT2D eigenvalue weighted by Gasteiger charge is -2.06. The molecular weight excluding hydrogens is 478 g/mol. The molecule has 0 radical (unpaired) electrons. The number of benzene rings is 3. The first-order valence-electron chi connectivity index (χ1n) is 11.3. The van der Waals surface area contributed by atoms with E-state index < -0.39 is 11.8 Å². The molecule has 0 saturated heterocycles. The Morgan fingerprint density at radius 3 is 2.44 bits per heavy atom. The average Bonchev–Trinajstić information content (AvgIpc) is 3.33. The summed E-state index contributed by atoms with van der Waals surface area (Å²) in [4.78, 5) is 24.4. The zero-order valence-electron chi connectivity index (χ0n) is 19.5. The minimum absolute atomic E-state index is 0.325. The normalized spacial score (nSPS) is 10.8. The molecule has 2 N–H and O–H groups in total. The van der Waals surface area contributed by atoms with Crippen LogP contribution in [0.5, 0.6) is 5.75 Å². The summed E-state index contributed by atoms with van der Waals surface area (Å²) >= 11 is 6.03. The van der Waals surface area contributed by atoms with Gasteiger partial charge in [0.2, 0.25) is 0 Å². The second-order valence-corrected chi connectivity index (χ2v) is 8.13. The maximum absolute atomic E-state index is 12.2. The van der Waals surface area contributed by atoms with E-state index >= 15 is 0 Å². The quantitative estimate of drug-likeness (QED) is 0.200. The number of amides is 2. The highest BCUT2D eigenvalue weighted by atomic mass is 35.5. The standard InChI is InChI=1S/C27H24ClN5O3/c1-2-16-36-22-14-12-19(13-15-22)25-20(18-33(32-25)21-8-4-3-5-9-21)17-29-31-27(35)26(34)30-24-11-7-6-10-23(24)28/h3-15,17-18H,2,16H2,1H3,(H,30,34)(H,31,35)/b29-17+. The fourth-order valence-corrected chi connectivity index (χ4v) is 3.48. The van der Waals surface area contributed by atoms with E-state index in [2.05, 4.69) is 22.8 Å². The number of carbonyl (C=O) groups excluding carboxylic acids is 2. The van der Waals surface area contributed by atoms with Crippen molar-refractivity contribution < 1.29 is 14.3 Å². The Hall–Kier alpha value is -4.43. The molecule has 0 aliphatic carbocycles. The van der Waals surface area contributed by atoms with Crippen molar-refractivity contribution in [2.24, 2.45) is 5.10 Å². The van der Waals surface area contributed by atoms with Crippen LogP contribution in [0.2, 0.25) is 5.02 Å². The minimum Gasteiger partial charge on any atom is -0.494 e. The summed E-state index contributed by atoms with van der Waals surface area (Å²) in [6.45, 7) is 2.69. The van der Waals surface area contributed by atoms with E-state index in [1.54, 1.807) is 35.1 Å². The van der Waals surface area contributed by atoms with Gasteiger partial charge in [-0.25, -0.2) is 10.1 Å². The van der Waals surface area contributed by atoms with E-state index in [4.69, 9.17) is 21.4 Å². The van der Waals surface area contributed by atoms with E-state index in [-0.39, 0.29) is 0 Å². The molecule has 1 heterocycles. The van der Waals surface area contributed by atoms with Crippen LogP contribution >= 0.6 is 11.6 Å². The summed E-state index contributed by atoms with van der Waals surface area (Å²) in [7, 11) is 0. The Kier molecular flexibility index (Phi) is 8.10. The van der Waals surface area contributed by atoms with Crippen molar-refractivity contribution >= 4 is 35.3 Å². The van der Waals surface area contributed by atoms with Crippen molar-refractivity contribution in [1.29, 1.82) is 0 Å². The number of nitrogens with zero attached hydrogens (tertiary/aromatic N) is 3. The number of hydrazone groups is 1. The second-order valence-electron chi connectivity index (χ2n) is 7.72. The van der Waals surface area contributed by atoms with Gasteiger partial charge in [-0.15, -0.1) is 0 Å². The Bertz CT molecular complexity index is 1370. The zero-order valence-corrected chi connectivity index (χ0v) is 20.3. The Morgan fingerprint density at radius 1 is 1.00 bits per heavy atom. The highest BCUT2D eigenvalue weighted by Gasteiger charge is 2.15. The molecule has 0 bridgehead atoms. The van der Waals surface area contributed by atoms with Gasteiger partial charge in [0, 0.05) is 17.3 Å². The SMILES string of the molecule is CCCOc1ccc(-c2nn(-c3ccccc3)cc2/C=N/NC(=O)C(=O)Nc2ccccc2Cl)cc1. The van der Waals surface area contributed by atoms with Gasteiger partial charge in [-0.1, -0.05) is 48.9 Å². The van der Waals surface area contributed by atoms with E-state index in [1.807, 2.05) is 54.6 Å². The molecule has 0 fully saturated rings. The summed E-state index contributed by atoms with van der Waals surface area (Å²) in [5.41, 5.74) is 5.59. The molecule has 4 rings (SSSR count). The predicted octanol–water partition coefficient (Wildman–Crippen LogP) is 5.07. The summed E-state index contributed by atoms with van der Waals surface area (Å²) in [5.74, 6) is -1.04. The molecule has 0 unspecified atom stereocenters. The first kappa shape index (κ1) is 24.7. The third-order valence-electron chi connectivity index (χ3n) is 5.06. The van der Waals surface area contributed by atoms with Crippen LogP contribution in [0, 0.1) is 0 Å². The fraction of sp³-hybridized carbons (Fsp3) is 0.111. The van der Waals surface area contributed by atoms with Crippen LogP contribution in [0.4, 0.5) is 5.69 Å². The van der Waals surface area contributed by atoms with Crippen molar-refractivity contribution in [2.45, 2.75) is 13.3 Å². The first-order valence-corrected chi connectivity index (χ1v) is 11.7. The molecule has 36 heavy (non-hydrogen) atoms. The summed E-state index contributed by atoms with van der Waals surface area (Å²) < 4.78 is 7.40. The van der Waals surface area contributed by atoms with Crippen LogP contribution in [0.1, 0.15) is 18.9 Å². The highest BCUT2D eigenvalue weighted by Crippen LogP contribution is 2.25. The van der Waals surface area contributed by atoms with Gasteiger partial charge in [0.05, 0.1) is 29.2 Å². The molecule has 8 nitrogen and oxygen atoms in total. The number of anilines is 1. The first-order chi connectivity index (χ1) is 17.5. The summed E-state index contributed by atoms with van der Waals surface area (Å²) in [5, 5.41) is 11.5. The van der Waals surface area contributed by atoms with E-state index in [9.17, 15) is 9.59 Å². The molecule has 2 amide bonds. The number of aromatic nitrogens is 2. The number of carbonyl (C=O) groups is 2. The molecule has 3 aromatic carbocycles. The molecule has 1 aromatic heterocycles. The van der Waals surface area contributed by atoms with Crippen molar-refractivity contribution in [3.8, 4) is 22.7 Å². The van der Waals surface area contributed by atoms with Gasteiger partial charge in [-0.05, 0) is 55.0 Å². The average molecular weight is 502 g/mol. The molecule has 4 aromatic rings. The molecule has 9 heteroatoms. The summed E-state index contributed by atoms with van der Waals surface area (Å²) in [6.07, 6.45) is 4.17. The molecular formula is C27H24ClN5O3. The smallest absolute Gasteiger partial charge is 0.329 e. The Balaban J connectivity index is 1.53. The van der Waals surface area contributed by atoms with Crippen molar-refractivity contribution in [2.75, 3.05) is 11.9 Å². The number of nitrogens with one attached hydrogen (secondary N) is 2. The lowest BCUT2D eigenvalue weighted by atomic mass is 10.1. The highest BCUT2D eigenvalue weighted by molar-refractivity contribution is 6.41. The number of hydrogen-bond donors (Lipinski definition) is 2. The number of halogens is 1. The monoisotopic (exact) mass is 501 g/mol. The van der Waals surface area contributed by atoms with Crippen LogP contribution in [-0.2, 0) is 9.59 Å². The Labute approximate surface area is 213 Å². The fourth-order valence-electron chi connectivity index (χ4n) is 3.30. The molecule has 0 atom stereocenters. The maximum Gasteiger partial charge on any atom is 0.329 e. The molecule has 182 valence electrons. The van der Waals surface area contributed by atoms with Crippen LogP contribution < -0.4 is 15.5 Å². The van der Waals surface area contributed by atoms with Crippen LogP contribution in [0.15, 0.2) is 90.2 Å². The van der Waals surface area contributed by atoms with E-state index in [0.717, 1.165) is 23.4 Å². The van der Waals surface area contributed by atoms with E-state index in [0.29, 0.717) is 28.6 Å². The van der Waals surface area contributed by atoms with Crippen LogP contribution in [-0.4, -0.2) is 34.4 Å². The van der Waals surface area contributed by atoms with Gasteiger partial charge in [0.1, 0.15) is 11.4 Å². The number of rotatable bonds is 8. The number of hydrogen-bond acceptors (Lipinski definition) is 5. The molecule has 0 saturated carbocycles. The van der Waals surface area contributed by atoms with Gasteiger partial charge in [0.15, 0.2) is 0 Å². The van der Waals surface area contributed by atoms with Gasteiger partial charge in [-0.3, -0.25) is 9.59 Å². The third-order valence-corrected chi connectivity index (χ3v) is 5.39. The number of para-hydroxylation sites is 2. The molecule has 0 aliphatic heterocycles. The van der Waals surface area contributed by atoms with Crippen molar-refractivity contribution in [1.82, 2.24) is 15.2 Å². The Morgan fingerprint density at radius 2 is 1.72 bits per heavy atom. The minimum atomic E-state index is -0.930. The van der Waals surface area contributed by atoms with Crippen LogP contribution in [0.25, 0.3) is 16.9 Å². The zero-order chi connectivity index (χ0) is 25.3. The molecule has 0 spiro atoms. The topological polar surface area (TPSA) is 97.6 Å². The number of ether oxygens (including phenoxy) is 1. The predicted molar refractivity (Wildman–Crippen MR) is 141 cm³/mol. The third kappa shape index (κ3) is 6.17. The van der Waals surface area contributed by atoms with Gasteiger partial charge in [-0.2, -0.15) is 10.2 Å². The molecule has 0 aliphatic rings. The lowest BCUT2D eigenvalue weighted by molar-refractivity contribution is -0.136. The maximum atomic E-state index is 12.2. The van der Waals surface area contributed by atoms with Crippen molar-refractivity contribution in [3.05, 3.63) is 95.6 Å². The lowest BCUT2D eigenvalue weighted by Crippen LogP contribution is -2.32. The second kappa shape index (κ2) is 11.8. The van der Waals surface area contributed by atoms with Gasteiger partial charge >= 0.3 is 11.8 Å². The van der Waals surface area contributed by atoms with Crippen molar-refractivity contribution in [3.63, 3.8) is 0 Å². The van der Waals surface area contributed by atoms with Gasteiger partial charge in [0.25, 0.3) is 0 Å².